The topological polar surface area (TPSA) is 67.2 Å². The van der Waals surface area contributed by atoms with Gasteiger partial charge in [-0.25, -0.2) is 4.98 Å². The number of nitrogens with one attached hydrogen (secondary N) is 1. The second-order valence-corrected chi connectivity index (χ2v) is 8.98. The lowest BCUT2D eigenvalue weighted by Gasteiger charge is -2.25. The Balaban J connectivity index is 1.51. The van der Waals surface area contributed by atoms with E-state index in [1.807, 2.05) is 67.3 Å². The molecule has 154 valence electrons. The molecular formula is C22H22N4O2S2. The molecule has 0 saturated heterocycles. The molecule has 0 aliphatic rings. The minimum Gasteiger partial charge on any atom is -0.353 e. The Hall–Kier alpha value is -2.81. The van der Waals surface area contributed by atoms with Crippen molar-refractivity contribution in [3.63, 3.8) is 0 Å². The van der Waals surface area contributed by atoms with Crippen LogP contribution in [-0.4, -0.2) is 41.0 Å². The zero-order valence-corrected chi connectivity index (χ0v) is 18.4. The largest absolute Gasteiger partial charge is 0.353 e. The molecule has 0 fully saturated rings. The Bertz CT molecular complexity index is 1200. The summed E-state index contributed by atoms with van der Waals surface area (Å²) in [6, 6.07) is 14.0. The van der Waals surface area contributed by atoms with Gasteiger partial charge in [0.05, 0.1) is 17.8 Å². The minimum absolute atomic E-state index is 0.0507. The number of rotatable bonds is 7. The third-order valence-corrected chi connectivity index (χ3v) is 6.75. The maximum atomic E-state index is 13.1. The molecule has 6 nitrogen and oxygen atoms in total. The molecule has 0 aliphatic carbocycles. The van der Waals surface area contributed by atoms with E-state index in [2.05, 4.69) is 15.2 Å². The van der Waals surface area contributed by atoms with E-state index in [-0.39, 0.29) is 24.1 Å². The predicted octanol–water partition coefficient (Wildman–Crippen LogP) is 3.61. The van der Waals surface area contributed by atoms with Crippen molar-refractivity contribution in [3.8, 4) is 10.4 Å². The summed E-state index contributed by atoms with van der Waals surface area (Å²) < 4.78 is 1.38. The lowest BCUT2D eigenvalue weighted by Crippen LogP contribution is -2.37. The van der Waals surface area contributed by atoms with Gasteiger partial charge in [0.2, 0.25) is 5.91 Å². The zero-order chi connectivity index (χ0) is 21.1. The summed E-state index contributed by atoms with van der Waals surface area (Å²) in [7, 11) is 3.96. The van der Waals surface area contributed by atoms with Crippen LogP contribution < -0.4 is 10.9 Å². The third kappa shape index (κ3) is 4.21. The van der Waals surface area contributed by atoms with Gasteiger partial charge in [-0.2, -0.15) is 0 Å². The van der Waals surface area contributed by atoms with Crippen LogP contribution in [0.1, 0.15) is 11.6 Å². The van der Waals surface area contributed by atoms with E-state index in [1.54, 1.807) is 11.3 Å². The van der Waals surface area contributed by atoms with E-state index in [1.165, 1.54) is 22.2 Å². The fraction of sp³-hybridized carbons (Fsp3) is 0.227. The molecule has 0 radical (unpaired) electrons. The van der Waals surface area contributed by atoms with Crippen LogP contribution in [0, 0.1) is 0 Å². The number of likely N-dealkylation sites (N-methyl/N-ethyl adjacent to an activating group) is 1. The number of carbonyl (C=O) groups excluding carboxylic acids is 1. The minimum atomic E-state index is -0.214. The lowest BCUT2D eigenvalue weighted by molar-refractivity contribution is -0.121. The van der Waals surface area contributed by atoms with Crippen molar-refractivity contribution < 1.29 is 4.79 Å². The van der Waals surface area contributed by atoms with E-state index in [4.69, 9.17) is 0 Å². The fourth-order valence-electron chi connectivity index (χ4n) is 3.39. The van der Waals surface area contributed by atoms with Crippen LogP contribution in [0.15, 0.2) is 64.3 Å². The lowest BCUT2D eigenvalue weighted by atomic mass is 10.1. The van der Waals surface area contributed by atoms with Crippen LogP contribution in [0.5, 0.6) is 0 Å². The molecule has 3 heterocycles. The first-order chi connectivity index (χ1) is 14.5. The highest BCUT2D eigenvalue weighted by atomic mass is 32.1. The summed E-state index contributed by atoms with van der Waals surface area (Å²) >= 11 is 3.03. The summed E-state index contributed by atoms with van der Waals surface area (Å²) in [4.78, 5) is 33.8. The van der Waals surface area contributed by atoms with Crippen molar-refractivity contribution in [2.24, 2.45) is 0 Å². The molecule has 3 aromatic heterocycles. The molecule has 4 aromatic rings. The summed E-state index contributed by atoms with van der Waals surface area (Å²) in [5.41, 5.74) is 1.82. The van der Waals surface area contributed by atoms with Gasteiger partial charge < -0.3 is 10.2 Å². The molecule has 0 saturated carbocycles. The molecule has 4 rings (SSSR count). The highest BCUT2D eigenvalue weighted by molar-refractivity contribution is 7.18. The van der Waals surface area contributed by atoms with Crippen LogP contribution in [-0.2, 0) is 11.3 Å². The first-order valence-electron chi connectivity index (χ1n) is 9.53. The normalized spacial score (nSPS) is 12.4. The molecule has 1 amide bonds. The number of carbonyl (C=O) groups is 1. The number of nitrogens with zero attached hydrogens (tertiary/aromatic N) is 3. The Kier molecular flexibility index (Phi) is 6.08. The van der Waals surface area contributed by atoms with Crippen molar-refractivity contribution in [3.05, 3.63) is 75.5 Å². The molecule has 8 heteroatoms. The van der Waals surface area contributed by atoms with Crippen LogP contribution in [0.4, 0.5) is 0 Å². The third-order valence-electron chi connectivity index (χ3n) is 4.96. The predicted molar refractivity (Wildman–Crippen MR) is 123 cm³/mol. The summed E-state index contributed by atoms with van der Waals surface area (Å²) in [6.45, 7) is 0.398. The number of aromatic nitrogens is 2. The van der Waals surface area contributed by atoms with Crippen LogP contribution in [0.2, 0.25) is 0 Å². The molecule has 30 heavy (non-hydrogen) atoms. The molecule has 0 aliphatic heterocycles. The smallest absolute Gasteiger partial charge is 0.263 e. The summed E-state index contributed by atoms with van der Waals surface area (Å²) in [6.07, 6.45) is 1.46. The average molecular weight is 439 g/mol. The molecule has 0 unspecified atom stereocenters. The quantitative estimate of drug-likeness (QED) is 0.479. The van der Waals surface area contributed by atoms with E-state index in [0.29, 0.717) is 16.8 Å². The van der Waals surface area contributed by atoms with Crippen LogP contribution in [0.3, 0.4) is 0 Å². The Morgan fingerprint density at radius 2 is 1.97 bits per heavy atom. The van der Waals surface area contributed by atoms with Gasteiger partial charge >= 0.3 is 0 Å². The standard InChI is InChI=1S/C22H22N4O2S2/c1-25(2)17(15-7-4-3-5-8-15)11-23-19(27)12-26-14-24-21-20(22(26)28)16(13-30-21)18-9-6-10-29-18/h3-10,13-14,17H,11-12H2,1-2H3,(H,23,27)/t17-/m0/s1. The van der Waals surface area contributed by atoms with Gasteiger partial charge in [0.25, 0.3) is 5.56 Å². The van der Waals surface area contributed by atoms with Gasteiger partial charge in [-0.3, -0.25) is 14.2 Å². The van der Waals surface area contributed by atoms with Crippen molar-refractivity contribution in [2.75, 3.05) is 20.6 Å². The maximum absolute atomic E-state index is 13.1. The molecule has 0 bridgehead atoms. The van der Waals surface area contributed by atoms with Gasteiger partial charge in [-0.1, -0.05) is 36.4 Å². The second-order valence-electron chi connectivity index (χ2n) is 7.18. The van der Waals surface area contributed by atoms with Crippen molar-refractivity contribution >= 4 is 38.8 Å². The number of thiophene rings is 2. The monoisotopic (exact) mass is 438 g/mol. The van der Waals surface area contributed by atoms with Gasteiger partial charge in [0.15, 0.2) is 0 Å². The number of hydrogen-bond donors (Lipinski definition) is 1. The second kappa shape index (κ2) is 8.91. The van der Waals surface area contributed by atoms with Gasteiger partial charge in [0.1, 0.15) is 11.4 Å². The SMILES string of the molecule is CN(C)[C@@H](CNC(=O)Cn1cnc2scc(-c3cccs3)c2c1=O)c1ccccc1. The molecule has 0 spiro atoms. The highest BCUT2D eigenvalue weighted by Crippen LogP contribution is 2.33. The van der Waals surface area contributed by atoms with Gasteiger partial charge in [-0.05, 0) is 31.1 Å². The van der Waals surface area contributed by atoms with Crippen molar-refractivity contribution in [1.82, 2.24) is 19.8 Å². The van der Waals surface area contributed by atoms with Crippen molar-refractivity contribution in [1.29, 1.82) is 0 Å². The number of benzene rings is 1. The first-order valence-corrected chi connectivity index (χ1v) is 11.3. The van der Waals surface area contributed by atoms with Crippen LogP contribution in [0.25, 0.3) is 20.7 Å². The molecule has 1 N–H and O–H groups in total. The van der Waals surface area contributed by atoms with E-state index in [9.17, 15) is 9.59 Å². The highest BCUT2D eigenvalue weighted by Gasteiger charge is 2.17. The Labute approximate surface area is 182 Å². The van der Waals surface area contributed by atoms with E-state index < -0.39 is 0 Å². The van der Waals surface area contributed by atoms with Crippen molar-refractivity contribution in [2.45, 2.75) is 12.6 Å². The number of fused-ring (bicyclic) bond motifs is 1. The Morgan fingerprint density at radius 1 is 1.17 bits per heavy atom. The maximum Gasteiger partial charge on any atom is 0.263 e. The van der Waals surface area contributed by atoms with Gasteiger partial charge in [0, 0.05) is 22.4 Å². The van der Waals surface area contributed by atoms with Gasteiger partial charge in [-0.15, -0.1) is 22.7 Å². The summed E-state index contributed by atoms with van der Waals surface area (Å²) in [5, 5.41) is 7.47. The van der Waals surface area contributed by atoms with Crippen LogP contribution >= 0.6 is 22.7 Å². The number of amides is 1. The fourth-order valence-corrected chi connectivity index (χ4v) is 5.11. The number of hydrogen-bond acceptors (Lipinski definition) is 6. The first kappa shape index (κ1) is 20.5. The van der Waals surface area contributed by atoms with E-state index in [0.717, 1.165) is 16.0 Å². The average Bonchev–Trinajstić information content (AvgIpc) is 3.40. The Morgan fingerprint density at radius 3 is 2.67 bits per heavy atom. The molecule has 1 atom stereocenters. The molecule has 1 aromatic carbocycles. The van der Waals surface area contributed by atoms with E-state index >= 15 is 0 Å². The molecular weight excluding hydrogens is 416 g/mol. The summed E-state index contributed by atoms with van der Waals surface area (Å²) in [5.74, 6) is -0.214. The zero-order valence-electron chi connectivity index (χ0n) is 16.7.